The van der Waals surface area contributed by atoms with Gasteiger partial charge in [0.2, 0.25) is 0 Å². The molecular formula is C10H11FO. The zero-order chi connectivity index (χ0) is 9.14. The van der Waals surface area contributed by atoms with E-state index in [4.69, 9.17) is 5.11 Å². The molecule has 1 N–H and O–H groups in total. The van der Waals surface area contributed by atoms with Gasteiger partial charge in [0.25, 0.3) is 0 Å². The second-order valence-electron chi connectivity index (χ2n) is 2.75. The molecule has 0 fully saturated rings. The normalized spacial score (nSPS) is 9.92. The largest absolute Gasteiger partial charge is 0.392 e. The van der Waals surface area contributed by atoms with E-state index in [1.165, 1.54) is 6.07 Å². The van der Waals surface area contributed by atoms with Crippen molar-refractivity contribution in [3.8, 4) is 0 Å². The summed E-state index contributed by atoms with van der Waals surface area (Å²) in [4.78, 5) is 0. The van der Waals surface area contributed by atoms with Gasteiger partial charge in [0.1, 0.15) is 5.82 Å². The zero-order valence-electron chi connectivity index (χ0n) is 6.97. The van der Waals surface area contributed by atoms with E-state index in [9.17, 15) is 4.39 Å². The number of benzene rings is 1. The summed E-state index contributed by atoms with van der Waals surface area (Å²) < 4.78 is 13.0. The Bertz CT molecular complexity index is 305. The lowest BCUT2D eigenvalue weighted by Gasteiger charge is -2.03. The minimum Gasteiger partial charge on any atom is -0.392 e. The van der Waals surface area contributed by atoms with Gasteiger partial charge in [-0.05, 0) is 30.2 Å². The van der Waals surface area contributed by atoms with Crippen LogP contribution in [0.2, 0.25) is 0 Å². The van der Waals surface area contributed by atoms with E-state index in [0.29, 0.717) is 16.7 Å². The van der Waals surface area contributed by atoms with Crippen LogP contribution in [0.5, 0.6) is 0 Å². The first kappa shape index (κ1) is 8.94. The summed E-state index contributed by atoms with van der Waals surface area (Å²) in [5, 5.41) is 8.78. The van der Waals surface area contributed by atoms with E-state index in [0.717, 1.165) is 0 Å². The van der Waals surface area contributed by atoms with Crippen LogP contribution >= 0.6 is 0 Å². The molecule has 0 aliphatic carbocycles. The van der Waals surface area contributed by atoms with Crippen LogP contribution < -0.4 is 0 Å². The highest BCUT2D eigenvalue weighted by atomic mass is 19.1. The first-order chi connectivity index (χ1) is 5.65. The number of halogens is 1. The average Bonchev–Trinajstić information content (AvgIpc) is 2.05. The van der Waals surface area contributed by atoms with Crippen molar-refractivity contribution >= 4 is 5.57 Å². The third-order valence-electron chi connectivity index (χ3n) is 1.67. The maximum atomic E-state index is 13.0. The van der Waals surface area contributed by atoms with Crippen LogP contribution in [0.4, 0.5) is 4.39 Å². The lowest BCUT2D eigenvalue weighted by atomic mass is 10.1. The molecule has 1 aromatic rings. The van der Waals surface area contributed by atoms with Crippen LogP contribution in [0.15, 0.2) is 24.8 Å². The van der Waals surface area contributed by atoms with Crippen LogP contribution in [-0.2, 0) is 6.61 Å². The Labute approximate surface area is 71.2 Å². The Morgan fingerprint density at radius 2 is 2.25 bits per heavy atom. The van der Waals surface area contributed by atoms with E-state index in [-0.39, 0.29) is 12.4 Å². The van der Waals surface area contributed by atoms with E-state index < -0.39 is 0 Å². The second-order valence-corrected chi connectivity index (χ2v) is 2.75. The maximum Gasteiger partial charge on any atom is 0.130 e. The molecule has 0 aliphatic heterocycles. The van der Waals surface area contributed by atoms with Crippen LogP contribution in [0.1, 0.15) is 18.1 Å². The van der Waals surface area contributed by atoms with Crippen molar-refractivity contribution in [2.45, 2.75) is 13.5 Å². The number of aliphatic hydroxyl groups is 1. The van der Waals surface area contributed by atoms with Crippen molar-refractivity contribution in [1.82, 2.24) is 0 Å². The minimum absolute atomic E-state index is 0.0689. The van der Waals surface area contributed by atoms with Crippen molar-refractivity contribution in [3.05, 3.63) is 41.7 Å². The van der Waals surface area contributed by atoms with E-state index in [2.05, 4.69) is 6.58 Å². The minimum atomic E-state index is -0.292. The van der Waals surface area contributed by atoms with Crippen molar-refractivity contribution in [2.24, 2.45) is 0 Å². The summed E-state index contributed by atoms with van der Waals surface area (Å²) in [6, 6.07) is 4.51. The molecule has 0 radical (unpaired) electrons. The highest BCUT2D eigenvalue weighted by Crippen LogP contribution is 2.17. The van der Waals surface area contributed by atoms with Gasteiger partial charge < -0.3 is 5.11 Å². The van der Waals surface area contributed by atoms with E-state index in [1.54, 1.807) is 19.1 Å². The van der Waals surface area contributed by atoms with Crippen LogP contribution in [0.3, 0.4) is 0 Å². The maximum absolute atomic E-state index is 13.0. The van der Waals surface area contributed by atoms with E-state index in [1.807, 2.05) is 0 Å². The molecule has 1 rings (SSSR count). The van der Waals surface area contributed by atoms with Gasteiger partial charge in [-0.2, -0.15) is 0 Å². The Hall–Kier alpha value is -1.15. The Morgan fingerprint density at radius 1 is 1.58 bits per heavy atom. The first-order valence-electron chi connectivity index (χ1n) is 3.70. The van der Waals surface area contributed by atoms with Crippen molar-refractivity contribution in [2.75, 3.05) is 0 Å². The topological polar surface area (TPSA) is 20.2 Å². The molecule has 0 saturated heterocycles. The number of hydrogen-bond acceptors (Lipinski definition) is 1. The first-order valence-corrected chi connectivity index (χ1v) is 3.70. The Balaban J connectivity index is 3.17. The molecular weight excluding hydrogens is 155 g/mol. The highest BCUT2D eigenvalue weighted by molar-refractivity contribution is 5.62. The summed E-state index contributed by atoms with van der Waals surface area (Å²) in [6.07, 6.45) is 0. The van der Waals surface area contributed by atoms with Gasteiger partial charge in [-0.15, -0.1) is 0 Å². The standard InChI is InChI=1S/C10H11FO/c1-7(2)9-5-8(6-12)3-4-10(9)11/h3-5,12H,1,6H2,2H3. The predicted molar refractivity (Wildman–Crippen MR) is 47.0 cm³/mol. The smallest absolute Gasteiger partial charge is 0.130 e. The average molecular weight is 166 g/mol. The number of rotatable bonds is 2. The monoisotopic (exact) mass is 166 g/mol. The van der Waals surface area contributed by atoms with Crippen molar-refractivity contribution in [3.63, 3.8) is 0 Å². The molecule has 0 atom stereocenters. The third kappa shape index (κ3) is 1.71. The molecule has 1 aromatic carbocycles. The van der Waals surface area contributed by atoms with E-state index >= 15 is 0 Å². The fourth-order valence-electron chi connectivity index (χ4n) is 0.998. The second kappa shape index (κ2) is 3.50. The zero-order valence-corrected chi connectivity index (χ0v) is 6.97. The summed E-state index contributed by atoms with van der Waals surface area (Å²) in [5.74, 6) is -0.292. The molecule has 0 saturated carbocycles. The molecule has 0 heterocycles. The molecule has 0 spiro atoms. The quantitative estimate of drug-likeness (QED) is 0.715. The molecule has 0 unspecified atom stereocenters. The fourth-order valence-corrected chi connectivity index (χ4v) is 0.998. The molecule has 1 nitrogen and oxygen atoms in total. The van der Waals surface area contributed by atoms with Crippen molar-refractivity contribution < 1.29 is 9.50 Å². The third-order valence-corrected chi connectivity index (χ3v) is 1.67. The summed E-state index contributed by atoms with van der Waals surface area (Å²) >= 11 is 0. The Morgan fingerprint density at radius 3 is 2.75 bits per heavy atom. The number of aliphatic hydroxyl groups excluding tert-OH is 1. The van der Waals surface area contributed by atoms with Crippen LogP contribution in [0.25, 0.3) is 5.57 Å². The predicted octanol–water partition coefficient (Wildman–Crippen LogP) is 2.35. The highest BCUT2D eigenvalue weighted by Gasteiger charge is 2.02. The number of hydrogen-bond donors (Lipinski definition) is 1. The van der Waals surface area contributed by atoms with Crippen molar-refractivity contribution in [1.29, 1.82) is 0 Å². The van der Waals surface area contributed by atoms with Gasteiger partial charge in [-0.25, -0.2) is 4.39 Å². The molecule has 2 heteroatoms. The summed E-state index contributed by atoms with van der Waals surface area (Å²) in [7, 11) is 0. The fraction of sp³-hybridized carbons (Fsp3) is 0.200. The van der Waals surface area contributed by atoms with Gasteiger partial charge in [0.15, 0.2) is 0 Å². The number of allylic oxidation sites excluding steroid dienone is 1. The molecule has 0 aliphatic rings. The Kier molecular flexibility index (Phi) is 2.61. The molecule has 0 amide bonds. The van der Waals surface area contributed by atoms with Crippen LogP contribution in [-0.4, -0.2) is 5.11 Å². The van der Waals surface area contributed by atoms with Gasteiger partial charge in [0.05, 0.1) is 6.61 Å². The SMILES string of the molecule is C=C(C)c1cc(CO)ccc1F. The lowest BCUT2D eigenvalue weighted by molar-refractivity contribution is 0.281. The molecule has 12 heavy (non-hydrogen) atoms. The van der Waals surface area contributed by atoms with Gasteiger partial charge in [0, 0.05) is 5.56 Å². The molecule has 64 valence electrons. The lowest BCUT2D eigenvalue weighted by Crippen LogP contribution is -1.90. The van der Waals surface area contributed by atoms with Gasteiger partial charge >= 0.3 is 0 Å². The summed E-state index contributed by atoms with van der Waals surface area (Å²) in [5.41, 5.74) is 1.85. The van der Waals surface area contributed by atoms with Gasteiger partial charge in [-0.3, -0.25) is 0 Å². The van der Waals surface area contributed by atoms with Gasteiger partial charge in [-0.1, -0.05) is 12.6 Å². The summed E-state index contributed by atoms with van der Waals surface area (Å²) in [6.45, 7) is 5.31. The molecule has 0 bridgehead atoms. The molecule has 0 aromatic heterocycles. The van der Waals surface area contributed by atoms with Crippen LogP contribution in [0, 0.1) is 5.82 Å².